The Hall–Kier alpha value is -1.38. The Morgan fingerprint density at radius 3 is 2.83 bits per heavy atom. The largest absolute Gasteiger partial charge is 0.550 e. The number of nitrogens with zero attached hydrogens (tertiary/aromatic N) is 1. The maximum absolute atomic E-state index is 10.3. The van der Waals surface area contributed by atoms with Crippen LogP contribution < -0.4 is 9.67 Å². The molecule has 0 spiro atoms. The predicted octanol–water partition coefficient (Wildman–Crippen LogP) is -0.888. The maximum atomic E-state index is 10.3. The topological polar surface area (TPSA) is 44.0 Å². The molecule has 1 aromatic rings. The first kappa shape index (κ1) is 8.71. The summed E-state index contributed by atoms with van der Waals surface area (Å²) in [4.78, 5) is 10.3. The van der Waals surface area contributed by atoms with Crippen LogP contribution in [0.25, 0.3) is 0 Å². The molecule has 0 aliphatic heterocycles. The van der Waals surface area contributed by atoms with Crippen LogP contribution in [0.5, 0.6) is 0 Å². The van der Waals surface area contributed by atoms with E-state index >= 15 is 0 Å². The lowest BCUT2D eigenvalue weighted by molar-refractivity contribution is -0.679. The maximum Gasteiger partial charge on any atom is 0.189 e. The van der Waals surface area contributed by atoms with Crippen molar-refractivity contribution in [3.8, 4) is 0 Å². The minimum Gasteiger partial charge on any atom is -0.550 e. The fourth-order valence-electron chi connectivity index (χ4n) is 1.18. The lowest BCUT2D eigenvalue weighted by Crippen LogP contribution is -2.38. The molecule has 0 radical (unpaired) electrons. The fraction of sp³-hybridized carbons (Fsp3) is 0.333. The van der Waals surface area contributed by atoms with E-state index in [1.54, 1.807) is 4.57 Å². The van der Waals surface area contributed by atoms with Gasteiger partial charge < -0.3 is 9.90 Å². The van der Waals surface area contributed by atoms with Gasteiger partial charge in [-0.1, -0.05) is 0 Å². The zero-order chi connectivity index (χ0) is 9.14. The lowest BCUT2D eigenvalue weighted by atomic mass is 10.1. The molecule has 64 valence electrons. The minimum atomic E-state index is -1.04. The monoisotopic (exact) mass is 165 g/mol. The molecule has 0 unspecified atom stereocenters. The molecule has 0 amide bonds. The standard InChI is InChI=1S/C9H11NO2/c1-7-4-3-5-10(2)8(7)6-9(11)12/h3-5H,6H2,1-2H3. The highest BCUT2D eigenvalue weighted by Crippen LogP contribution is 2.00. The first-order chi connectivity index (χ1) is 5.61. The molecule has 0 aliphatic rings. The van der Waals surface area contributed by atoms with Gasteiger partial charge in [-0.25, -0.2) is 4.57 Å². The number of carboxylic acid groups (broad SMARTS) is 1. The Balaban J connectivity index is 3.04. The zero-order valence-electron chi connectivity index (χ0n) is 7.20. The molecular formula is C9H11NO2. The molecule has 1 heterocycles. The predicted molar refractivity (Wildman–Crippen MR) is 41.1 cm³/mol. The van der Waals surface area contributed by atoms with Crippen LogP contribution >= 0.6 is 0 Å². The molecular weight excluding hydrogens is 154 g/mol. The highest BCUT2D eigenvalue weighted by molar-refractivity contribution is 5.67. The highest BCUT2D eigenvalue weighted by atomic mass is 16.4. The van der Waals surface area contributed by atoms with E-state index in [4.69, 9.17) is 0 Å². The summed E-state index contributed by atoms with van der Waals surface area (Å²) < 4.78 is 1.80. The fourth-order valence-corrected chi connectivity index (χ4v) is 1.18. The molecule has 0 aromatic carbocycles. The molecule has 0 aliphatic carbocycles. The third-order valence-electron chi connectivity index (χ3n) is 1.85. The first-order valence-electron chi connectivity index (χ1n) is 3.75. The summed E-state index contributed by atoms with van der Waals surface area (Å²) in [6.45, 7) is 1.89. The molecule has 0 bridgehead atoms. The number of hydrogen-bond acceptors (Lipinski definition) is 2. The molecule has 0 atom stereocenters. The van der Waals surface area contributed by atoms with Crippen molar-refractivity contribution in [2.45, 2.75) is 13.3 Å². The van der Waals surface area contributed by atoms with E-state index in [0.29, 0.717) is 0 Å². The molecule has 0 fully saturated rings. The van der Waals surface area contributed by atoms with E-state index in [0.717, 1.165) is 11.3 Å². The van der Waals surface area contributed by atoms with Gasteiger partial charge in [-0.05, 0) is 13.0 Å². The number of rotatable bonds is 2. The van der Waals surface area contributed by atoms with Crippen molar-refractivity contribution in [1.82, 2.24) is 0 Å². The van der Waals surface area contributed by atoms with Crippen LogP contribution in [0.4, 0.5) is 0 Å². The number of pyridine rings is 1. The molecule has 1 aromatic heterocycles. The van der Waals surface area contributed by atoms with Crippen LogP contribution in [0.3, 0.4) is 0 Å². The van der Waals surface area contributed by atoms with Gasteiger partial charge in [0.2, 0.25) is 0 Å². The summed E-state index contributed by atoms with van der Waals surface area (Å²) in [5, 5.41) is 10.3. The van der Waals surface area contributed by atoms with Crippen LogP contribution in [0.15, 0.2) is 18.3 Å². The van der Waals surface area contributed by atoms with Gasteiger partial charge in [-0.3, -0.25) is 0 Å². The van der Waals surface area contributed by atoms with Crippen molar-refractivity contribution in [2.24, 2.45) is 7.05 Å². The second-order valence-corrected chi connectivity index (χ2v) is 2.80. The summed E-state index contributed by atoms with van der Waals surface area (Å²) in [5.74, 6) is -1.04. The van der Waals surface area contributed by atoms with Crippen LogP contribution in [0.2, 0.25) is 0 Å². The number of carbonyl (C=O) groups is 1. The number of carbonyl (C=O) groups excluding carboxylic acids is 1. The van der Waals surface area contributed by atoms with Crippen molar-refractivity contribution in [2.75, 3.05) is 0 Å². The second-order valence-electron chi connectivity index (χ2n) is 2.80. The number of carboxylic acids is 1. The van der Waals surface area contributed by atoms with Crippen LogP contribution in [0, 0.1) is 6.92 Å². The Kier molecular flexibility index (Phi) is 2.43. The summed E-state index contributed by atoms with van der Waals surface area (Å²) in [6.07, 6.45) is 1.80. The molecule has 12 heavy (non-hydrogen) atoms. The normalized spacial score (nSPS) is 9.83. The lowest BCUT2D eigenvalue weighted by Gasteiger charge is -2.03. The molecule has 3 nitrogen and oxygen atoms in total. The molecule has 1 rings (SSSR count). The van der Waals surface area contributed by atoms with E-state index in [2.05, 4.69) is 0 Å². The Bertz CT molecular complexity index is 287. The van der Waals surface area contributed by atoms with Gasteiger partial charge in [0, 0.05) is 11.6 Å². The van der Waals surface area contributed by atoms with E-state index in [1.807, 2.05) is 32.3 Å². The Morgan fingerprint density at radius 2 is 2.33 bits per heavy atom. The van der Waals surface area contributed by atoms with Crippen molar-refractivity contribution in [1.29, 1.82) is 0 Å². The quantitative estimate of drug-likeness (QED) is 0.534. The van der Waals surface area contributed by atoms with E-state index in [1.165, 1.54) is 0 Å². The van der Waals surface area contributed by atoms with Gasteiger partial charge in [0.05, 0.1) is 12.4 Å². The van der Waals surface area contributed by atoms with Crippen LogP contribution in [-0.4, -0.2) is 5.97 Å². The molecule has 0 saturated carbocycles. The van der Waals surface area contributed by atoms with Crippen molar-refractivity contribution in [3.05, 3.63) is 29.6 Å². The number of aliphatic carboxylic acids is 1. The van der Waals surface area contributed by atoms with Crippen molar-refractivity contribution >= 4 is 5.97 Å². The average Bonchev–Trinajstić information content (AvgIpc) is 1.97. The smallest absolute Gasteiger partial charge is 0.189 e. The van der Waals surface area contributed by atoms with Crippen LogP contribution in [-0.2, 0) is 18.3 Å². The number of hydrogen-bond donors (Lipinski definition) is 0. The first-order valence-corrected chi connectivity index (χ1v) is 3.75. The van der Waals surface area contributed by atoms with Gasteiger partial charge >= 0.3 is 0 Å². The van der Waals surface area contributed by atoms with Gasteiger partial charge in [-0.15, -0.1) is 0 Å². The molecule has 0 saturated heterocycles. The van der Waals surface area contributed by atoms with Gasteiger partial charge in [0.15, 0.2) is 11.9 Å². The van der Waals surface area contributed by atoms with Gasteiger partial charge in [0.1, 0.15) is 7.05 Å². The SMILES string of the molecule is Cc1ccc[n+](C)c1CC(=O)[O-]. The van der Waals surface area contributed by atoms with E-state index < -0.39 is 5.97 Å². The van der Waals surface area contributed by atoms with Crippen LogP contribution in [0.1, 0.15) is 11.3 Å². The summed E-state index contributed by atoms with van der Waals surface area (Å²) >= 11 is 0. The highest BCUT2D eigenvalue weighted by Gasteiger charge is 2.08. The molecule has 0 N–H and O–H groups in total. The third kappa shape index (κ3) is 1.81. The van der Waals surface area contributed by atoms with Gasteiger partial charge in [-0.2, -0.15) is 0 Å². The minimum absolute atomic E-state index is 0.0246. The van der Waals surface area contributed by atoms with E-state index in [9.17, 15) is 9.90 Å². The number of aromatic nitrogens is 1. The summed E-state index contributed by atoms with van der Waals surface area (Å²) in [5.41, 5.74) is 1.77. The Morgan fingerprint density at radius 1 is 1.67 bits per heavy atom. The second kappa shape index (κ2) is 3.34. The average molecular weight is 165 g/mol. The van der Waals surface area contributed by atoms with E-state index in [-0.39, 0.29) is 6.42 Å². The van der Waals surface area contributed by atoms with Crippen molar-refractivity contribution in [3.63, 3.8) is 0 Å². The van der Waals surface area contributed by atoms with Gasteiger partial charge in [0.25, 0.3) is 0 Å². The van der Waals surface area contributed by atoms with Crippen molar-refractivity contribution < 1.29 is 14.5 Å². The number of aryl methyl sites for hydroxylation is 2. The Labute approximate surface area is 71.3 Å². The zero-order valence-corrected chi connectivity index (χ0v) is 7.20. The summed E-state index contributed by atoms with van der Waals surface area (Å²) in [6, 6.07) is 3.77. The summed E-state index contributed by atoms with van der Waals surface area (Å²) in [7, 11) is 1.82. The third-order valence-corrected chi connectivity index (χ3v) is 1.85. The molecule has 3 heteroatoms.